The lowest BCUT2D eigenvalue weighted by Gasteiger charge is -2.47. The van der Waals surface area contributed by atoms with E-state index in [4.69, 9.17) is 4.74 Å². The molecule has 1 aromatic heterocycles. The van der Waals surface area contributed by atoms with Crippen molar-refractivity contribution in [2.75, 3.05) is 53.5 Å². The van der Waals surface area contributed by atoms with Gasteiger partial charge in [-0.2, -0.15) is 0 Å². The van der Waals surface area contributed by atoms with E-state index >= 15 is 0 Å². The molecule has 8 heteroatoms. The van der Waals surface area contributed by atoms with E-state index in [1.165, 1.54) is 17.9 Å². The number of quaternary nitrogens is 2. The zero-order valence-corrected chi connectivity index (χ0v) is 16.0. The van der Waals surface area contributed by atoms with E-state index in [0.29, 0.717) is 31.1 Å². The van der Waals surface area contributed by atoms with E-state index in [-0.39, 0.29) is 5.92 Å². The van der Waals surface area contributed by atoms with Gasteiger partial charge in [-0.3, -0.25) is 4.79 Å². The second-order valence-electron chi connectivity index (χ2n) is 8.45. The molecule has 4 saturated heterocycles. The van der Waals surface area contributed by atoms with E-state index in [1.807, 2.05) is 9.58 Å². The van der Waals surface area contributed by atoms with Crippen molar-refractivity contribution in [3.8, 4) is 0 Å². The number of nitrogens with one attached hydrogen (secondary N) is 2. The van der Waals surface area contributed by atoms with Crippen LogP contribution in [0.1, 0.15) is 18.5 Å². The first-order valence-electron chi connectivity index (χ1n) is 9.99. The quantitative estimate of drug-likeness (QED) is 0.587. The van der Waals surface area contributed by atoms with Gasteiger partial charge in [-0.25, -0.2) is 4.68 Å². The summed E-state index contributed by atoms with van der Waals surface area (Å²) in [7, 11) is 4.25. The number of carbonyl (C=O) groups excluding carboxylic acids is 1. The Morgan fingerprint density at radius 1 is 1.38 bits per heavy atom. The maximum absolute atomic E-state index is 12.9. The molecule has 1 aromatic rings. The highest BCUT2D eigenvalue weighted by atomic mass is 16.5. The number of hydrogen-bond acceptors (Lipinski definition) is 4. The normalized spacial score (nSPS) is 31.6. The van der Waals surface area contributed by atoms with E-state index < -0.39 is 0 Å². The summed E-state index contributed by atoms with van der Waals surface area (Å²) in [6.45, 7) is 6.88. The predicted molar refractivity (Wildman–Crippen MR) is 94.6 cm³/mol. The molecule has 26 heavy (non-hydrogen) atoms. The van der Waals surface area contributed by atoms with Crippen LogP contribution < -0.4 is 9.80 Å². The van der Waals surface area contributed by atoms with Crippen LogP contribution in [0.25, 0.3) is 0 Å². The van der Waals surface area contributed by atoms with Gasteiger partial charge in [0.2, 0.25) is 5.91 Å². The van der Waals surface area contributed by atoms with Gasteiger partial charge in [-0.1, -0.05) is 5.21 Å². The number of piperidine rings is 3. The molecular weight excluding hydrogens is 332 g/mol. The molecule has 4 fully saturated rings. The van der Waals surface area contributed by atoms with Gasteiger partial charge in [0.1, 0.15) is 18.3 Å². The minimum absolute atomic E-state index is 0.205. The first-order valence-corrected chi connectivity index (χ1v) is 9.99. The molecule has 4 aliphatic heterocycles. The number of nitrogens with zero attached hydrogens (tertiary/aromatic N) is 4. The molecule has 2 N–H and O–H groups in total. The Kier molecular flexibility index (Phi) is 5.24. The Labute approximate surface area is 155 Å². The van der Waals surface area contributed by atoms with Crippen LogP contribution in [0, 0.1) is 11.8 Å². The number of fused-ring (bicyclic) bond motifs is 3. The molecule has 1 amide bonds. The van der Waals surface area contributed by atoms with Crippen molar-refractivity contribution in [1.29, 1.82) is 0 Å². The van der Waals surface area contributed by atoms with Crippen molar-refractivity contribution in [3.05, 3.63) is 11.9 Å². The first-order chi connectivity index (χ1) is 12.6. The molecule has 0 aliphatic carbocycles. The van der Waals surface area contributed by atoms with Crippen LogP contribution in [-0.4, -0.2) is 85.3 Å². The number of amides is 1. The number of hydrogen-bond donors (Lipinski definition) is 2. The zero-order chi connectivity index (χ0) is 18.1. The van der Waals surface area contributed by atoms with Gasteiger partial charge in [0.15, 0.2) is 0 Å². The van der Waals surface area contributed by atoms with Gasteiger partial charge in [-0.05, 0) is 5.92 Å². The molecule has 4 aliphatic rings. The lowest BCUT2D eigenvalue weighted by molar-refractivity contribution is -0.945. The molecule has 0 aromatic carbocycles. The molecule has 0 saturated carbocycles. The standard InChI is InChI=1S/C18H30N6O2/c1-21(2)10-15-11-24(20-19-15)12-16-9-14-3-4-23(16)13-17(14)18(25)22-5-7-26-8-6-22/h11,14,16-17H,3-10,12-13H2,1-2H3/p+2/t14-,16-,17+/m1/s1. The first kappa shape index (κ1) is 17.9. The van der Waals surface area contributed by atoms with Gasteiger partial charge >= 0.3 is 0 Å². The van der Waals surface area contributed by atoms with E-state index in [9.17, 15) is 4.79 Å². The molecular formula is C18H32N6O2+2. The molecule has 8 nitrogen and oxygen atoms in total. The van der Waals surface area contributed by atoms with Gasteiger partial charge in [0.25, 0.3) is 0 Å². The monoisotopic (exact) mass is 364 g/mol. The average Bonchev–Trinajstić information content (AvgIpc) is 3.08. The lowest BCUT2D eigenvalue weighted by atomic mass is 9.75. The molecule has 2 bridgehead atoms. The fraction of sp³-hybridized carbons (Fsp3) is 0.833. The third-order valence-corrected chi connectivity index (χ3v) is 6.22. The zero-order valence-electron chi connectivity index (χ0n) is 16.0. The molecule has 0 spiro atoms. The fourth-order valence-electron chi connectivity index (χ4n) is 4.92. The summed E-state index contributed by atoms with van der Waals surface area (Å²) in [5, 5.41) is 8.62. The molecule has 144 valence electrons. The van der Waals surface area contributed by atoms with Crippen molar-refractivity contribution < 1.29 is 19.3 Å². The van der Waals surface area contributed by atoms with Gasteiger partial charge < -0.3 is 19.4 Å². The van der Waals surface area contributed by atoms with Crippen LogP contribution in [0.3, 0.4) is 0 Å². The summed E-state index contributed by atoms with van der Waals surface area (Å²) < 4.78 is 7.40. The van der Waals surface area contributed by atoms with Gasteiger partial charge in [0, 0.05) is 25.9 Å². The van der Waals surface area contributed by atoms with Crippen LogP contribution in [-0.2, 0) is 22.6 Å². The highest BCUT2D eigenvalue weighted by Gasteiger charge is 2.47. The highest BCUT2D eigenvalue weighted by molar-refractivity contribution is 5.79. The smallest absolute Gasteiger partial charge is 0.231 e. The second kappa shape index (κ2) is 7.62. The number of rotatable bonds is 5. The van der Waals surface area contributed by atoms with Crippen molar-refractivity contribution in [1.82, 2.24) is 19.9 Å². The van der Waals surface area contributed by atoms with Crippen molar-refractivity contribution in [2.24, 2.45) is 11.8 Å². The summed E-state index contributed by atoms with van der Waals surface area (Å²) in [4.78, 5) is 17.9. The molecule has 5 rings (SSSR count). The lowest BCUT2D eigenvalue weighted by Crippen LogP contribution is -3.20. The van der Waals surface area contributed by atoms with Gasteiger partial charge in [0.05, 0.1) is 59.1 Å². The van der Waals surface area contributed by atoms with E-state index in [2.05, 4.69) is 30.6 Å². The Morgan fingerprint density at radius 2 is 2.19 bits per heavy atom. The fourth-order valence-corrected chi connectivity index (χ4v) is 4.92. The molecule has 0 radical (unpaired) electrons. The predicted octanol–water partition coefficient (Wildman–Crippen LogP) is -2.93. The summed E-state index contributed by atoms with van der Waals surface area (Å²) in [6, 6.07) is 0.559. The SMILES string of the molecule is C[NH+](C)Cc1cn(C[C@H]2C[C@H]3CC[NH+]2C[C@@H]3C(=O)N2CCOCC2)nn1. The van der Waals surface area contributed by atoms with Crippen LogP contribution in [0.2, 0.25) is 0 Å². The van der Waals surface area contributed by atoms with Gasteiger partial charge in [-0.15, -0.1) is 5.10 Å². The van der Waals surface area contributed by atoms with Crippen molar-refractivity contribution >= 4 is 5.91 Å². The highest BCUT2D eigenvalue weighted by Crippen LogP contribution is 2.29. The third kappa shape index (κ3) is 3.77. The molecule has 1 unspecified atom stereocenters. The number of morpholine rings is 1. The molecule has 4 atom stereocenters. The van der Waals surface area contributed by atoms with E-state index in [0.717, 1.165) is 44.8 Å². The van der Waals surface area contributed by atoms with Crippen LogP contribution in [0.15, 0.2) is 6.20 Å². The maximum atomic E-state index is 12.9. The van der Waals surface area contributed by atoms with Crippen molar-refractivity contribution in [3.63, 3.8) is 0 Å². The second-order valence-corrected chi connectivity index (χ2v) is 8.45. The minimum atomic E-state index is 0.205. The number of ether oxygens (including phenoxy) is 1. The summed E-state index contributed by atoms with van der Waals surface area (Å²) >= 11 is 0. The maximum Gasteiger partial charge on any atom is 0.231 e. The Balaban J connectivity index is 1.36. The summed E-state index contributed by atoms with van der Waals surface area (Å²) in [5.74, 6) is 1.10. The number of aromatic nitrogens is 3. The Bertz CT molecular complexity index is 627. The van der Waals surface area contributed by atoms with Crippen LogP contribution >= 0.6 is 0 Å². The summed E-state index contributed by atoms with van der Waals surface area (Å²) in [6.07, 6.45) is 4.40. The van der Waals surface area contributed by atoms with Crippen LogP contribution in [0.4, 0.5) is 0 Å². The average molecular weight is 364 g/mol. The molecule has 5 heterocycles. The minimum Gasteiger partial charge on any atom is -0.378 e. The van der Waals surface area contributed by atoms with Crippen LogP contribution in [0.5, 0.6) is 0 Å². The largest absolute Gasteiger partial charge is 0.378 e. The number of carbonyl (C=O) groups is 1. The third-order valence-electron chi connectivity index (χ3n) is 6.22. The Hall–Kier alpha value is -1.51. The van der Waals surface area contributed by atoms with Crippen molar-refractivity contribution in [2.45, 2.75) is 32.0 Å². The van der Waals surface area contributed by atoms with E-state index in [1.54, 1.807) is 4.90 Å². The Morgan fingerprint density at radius 3 is 2.88 bits per heavy atom. The topological polar surface area (TPSA) is 69.1 Å². The summed E-state index contributed by atoms with van der Waals surface area (Å²) in [5.41, 5.74) is 1.05.